The molecule has 0 radical (unpaired) electrons. The quantitative estimate of drug-likeness (QED) is 0.660. The molecule has 0 spiro atoms. The number of hydrogen-bond donors (Lipinski definition) is 0. The number of nitrogens with zero attached hydrogens (tertiary/aromatic N) is 2. The van der Waals surface area contributed by atoms with Gasteiger partial charge in [0.2, 0.25) is 0 Å². The number of likely N-dealkylation sites (tertiary alicyclic amines) is 1. The molecule has 4 rings (SSSR count). The van der Waals surface area contributed by atoms with E-state index >= 15 is 0 Å². The second-order valence-corrected chi connectivity index (χ2v) is 7.67. The first-order valence-corrected chi connectivity index (χ1v) is 10.3. The molecule has 1 saturated heterocycles. The lowest BCUT2D eigenvalue weighted by Crippen LogP contribution is -2.34. The summed E-state index contributed by atoms with van der Waals surface area (Å²) in [5, 5.41) is 0. The molecule has 1 fully saturated rings. The fourth-order valence-corrected chi connectivity index (χ4v) is 4.45. The Labute approximate surface area is 157 Å². The van der Waals surface area contributed by atoms with Gasteiger partial charge in [0.25, 0.3) is 0 Å². The molecule has 0 saturated carbocycles. The highest BCUT2D eigenvalue weighted by Crippen LogP contribution is 2.30. The Kier molecular flexibility index (Phi) is 5.85. The van der Waals surface area contributed by atoms with Gasteiger partial charge in [0.15, 0.2) is 0 Å². The van der Waals surface area contributed by atoms with Gasteiger partial charge in [0, 0.05) is 18.4 Å². The van der Waals surface area contributed by atoms with Crippen LogP contribution in [0, 0.1) is 0 Å². The van der Waals surface area contributed by atoms with Crippen molar-refractivity contribution in [3.05, 3.63) is 59.4 Å². The fourth-order valence-electron chi connectivity index (χ4n) is 4.45. The highest BCUT2D eigenvalue weighted by atomic mass is 16.5. The third-order valence-electron chi connectivity index (χ3n) is 5.86. The van der Waals surface area contributed by atoms with Crippen LogP contribution in [0.15, 0.2) is 42.7 Å². The molecule has 1 aliphatic heterocycles. The highest BCUT2D eigenvalue weighted by molar-refractivity contribution is 5.38. The van der Waals surface area contributed by atoms with Crippen LogP contribution in [-0.2, 0) is 12.8 Å². The second kappa shape index (κ2) is 8.68. The van der Waals surface area contributed by atoms with Gasteiger partial charge in [0.05, 0.1) is 6.61 Å². The SMILES string of the molecule is c1cncc([C@H]2CCCCN2CCCCOc2ccc3c(c2)CCC3)c1. The molecule has 26 heavy (non-hydrogen) atoms. The van der Waals surface area contributed by atoms with Crippen molar-refractivity contribution in [1.82, 2.24) is 9.88 Å². The van der Waals surface area contributed by atoms with Crippen LogP contribution in [0.25, 0.3) is 0 Å². The lowest BCUT2D eigenvalue weighted by Gasteiger charge is -2.35. The number of unbranched alkanes of at least 4 members (excludes halogenated alkanes) is 1. The number of piperidine rings is 1. The van der Waals surface area contributed by atoms with Crippen LogP contribution in [-0.4, -0.2) is 29.6 Å². The van der Waals surface area contributed by atoms with E-state index in [4.69, 9.17) is 4.74 Å². The van der Waals surface area contributed by atoms with Crippen molar-refractivity contribution in [2.75, 3.05) is 19.7 Å². The Bertz CT molecular complexity index is 701. The number of hydrogen-bond acceptors (Lipinski definition) is 3. The summed E-state index contributed by atoms with van der Waals surface area (Å²) in [6.45, 7) is 3.20. The molecule has 1 atom stereocenters. The van der Waals surface area contributed by atoms with Crippen LogP contribution in [0.5, 0.6) is 5.75 Å². The maximum absolute atomic E-state index is 6.00. The van der Waals surface area contributed by atoms with E-state index in [2.05, 4.69) is 40.2 Å². The molecule has 1 aromatic carbocycles. The molecule has 2 aromatic rings. The number of rotatable bonds is 7. The van der Waals surface area contributed by atoms with E-state index in [-0.39, 0.29) is 0 Å². The number of benzene rings is 1. The monoisotopic (exact) mass is 350 g/mol. The number of aromatic nitrogens is 1. The van der Waals surface area contributed by atoms with E-state index in [0.717, 1.165) is 25.3 Å². The average Bonchev–Trinajstić information content (AvgIpc) is 3.17. The number of pyridine rings is 1. The molecule has 3 nitrogen and oxygen atoms in total. The van der Waals surface area contributed by atoms with E-state index < -0.39 is 0 Å². The first-order valence-electron chi connectivity index (χ1n) is 10.3. The molecule has 3 heteroatoms. The van der Waals surface area contributed by atoms with E-state index in [0.29, 0.717) is 6.04 Å². The Hall–Kier alpha value is -1.87. The van der Waals surface area contributed by atoms with Gasteiger partial charge in [0.1, 0.15) is 5.75 Å². The zero-order chi connectivity index (χ0) is 17.6. The molecule has 0 amide bonds. The van der Waals surface area contributed by atoms with Crippen LogP contribution in [0.1, 0.15) is 61.3 Å². The van der Waals surface area contributed by atoms with Crippen LogP contribution in [0.4, 0.5) is 0 Å². The van der Waals surface area contributed by atoms with Crippen LogP contribution in [0.2, 0.25) is 0 Å². The maximum Gasteiger partial charge on any atom is 0.119 e. The van der Waals surface area contributed by atoms with Crippen molar-refractivity contribution >= 4 is 0 Å². The minimum absolute atomic E-state index is 0.551. The maximum atomic E-state index is 6.00. The number of fused-ring (bicyclic) bond motifs is 1. The molecular formula is C23H30N2O. The van der Waals surface area contributed by atoms with Crippen molar-refractivity contribution in [1.29, 1.82) is 0 Å². The highest BCUT2D eigenvalue weighted by Gasteiger charge is 2.23. The summed E-state index contributed by atoms with van der Waals surface area (Å²) >= 11 is 0. The normalized spacial score (nSPS) is 20.1. The van der Waals surface area contributed by atoms with Crippen molar-refractivity contribution in [3.8, 4) is 5.75 Å². The predicted octanol–water partition coefficient (Wildman–Crippen LogP) is 4.96. The topological polar surface area (TPSA) is 25.4 Å². The molecule has 0 bridgehead atoms. The van der Waals surface area contributed by atoms with E-state index in [1.807, 2.05) is 12.4 Å². The van der Waals surface area contributed by atoms with Crippen molar-refractivity contribution < 1.29 is 4.74 Å². The van der Waals surface area contributed by atoms with Crippen molar-refractivity contribution in [3.63, 3.8) is 0 Å². The summed E-state index contributed by atoms with van der Waals surface area (Å²) in [7, 11) is 0. The van der Waals surface area contributed by atoms with Gasteiger partial charge in [-0.15, -0.1) is 0 Å². The lowest BCUT2D eigenvalue weighted by molar-refractivity contribution is 0.143. The molecule has 2 heterocycles. The third kappa shape index (κ3) is 4.27. The molecule has 1 aromatic heterocycles. The molecule has 2 aliphatic rings. The van der Waals surface area contributed by atoms with Gasteiger partial charge in [-0.05, 0) is 92.9 Å². The van der Waals surface area contributed by atoms with Gasteiger partial charge in [-0.25, -0.2) is 0 Å². The van der Waals surface area contributed by atoms with E-state index in [1.54, 1.807) is 0 Å². The minimum Gasteiger partial charge on any atom is -0.494 e. The van der Waals surface area contributed by atoms with Gasteiger partial charge in [-0.3, -0.25) is 9.88 Å². The summed E-state index contributed by atoms with van der Waals surface area (Å²) in [4.78, 5) is 6.96. The van der Waals surface area contributed by atoms with Crippen LogP contribution >= 0.6 is 0 Å². The Balaban J connectivity index is 1.22. The standard InChI is InChI=1S/C23H30N2O/c1-2-14-25(23(10-1)21-9-6-13-24-18-21)15-3-4-16-26-22-12-11-19-7-5-8-20(19)17-22/h6,9,11-13,17-18,23H,1-5,7-8,10,14-16H2/t23-/m1/s1. The molecule has 0 unspecified atom stereocenters. The molecule has 138 valence electrons. The summed E-state index contributed by atoms with van der Waals surface area (Å²) < 4.78 is 6.00. The van der Waals surface area contributed by atoms with Crippen molar-refractivity contribution in [2.24, 2.45) is 0 Å². The molecular weight excluding hydrogens is 320 g/mol. The fraction of sp³-hybridized carbons (Fsp3) is 0.522. The summed E-state index contributed by atoms with van der Waals surface area (Å²) in [5.41, 5.74) is 4.39. The predicted molar refractivity (Wildman–Crippen MR) is 106 cm³/mol. The average molecular weight is 351 g/mol. The Morgan fingerprint density at radius 1 is 1.04 bits per heavy atom. The summed E-state index contributed by atoms with van der Waals surface area (Å²) in [6.07, 6.45) is 13.9. The summed E-state index contributed by atoms with van der Waals surface area (Å²) in [5.74, 6) is 1.05. The smallest absolute Gasteiger partial charge is 0.119 e. The first-order chi connectivity index (χ1) is 12.9. The zero-order valence-corrected chi connectivity index (χ0v) is 15.7. The first kappa shape index (κ1) is 17.5. The van der Waals surface area contributed by atoms with Gasteiger partial charge in [-0.2, -0.15) is 0 Å². The van der Waals surface area contributed by atoms with Gasteiger partial charge >= 0.3 is 0 Å². The Morgan fingerprint density at radius 3 is 2.92 bits per heavy atom. The number of aryl methyl sites for hydroxylation is 2. The summed E-state index contributed by atoms with van der Waals surface area (Å²) in [6, 6.07) is 11.5. The zero-order valence-electron chi connectivity index (χ0n) is 15.7. The third-order valence-corrected chi connectivity index (χ3v) is 5.86. The van der Waals surface area contributed by atoms with Crippen LogP contribution < -0.4 is 4.74 Å². The van der Waals surface area contributed by atoms with Gasteiger partial charge in [-0.1, -0.05) is 18.6 Å². The van der Waals surface area contributed by atoms with Crippen LogP contribution in [0.3, 0.4) is 0 Å². The number of ether oxygens (including phenoxy) is 1. The largest absolute Gasteiger partial charge is 0.494 e. The Morgan fingerprint density at radius 2 is 2.00 bits per heavy atom. The van der Waals surface area contributed by atoms with Gasteiger partial charge < -0.3 is 4.74 Å². The van der Waals surface area contributed by atoms with Crippen molar-refractivity contribution in [2.45, 2.75) is 57.4 Å². The molecule has 1 aliphatic carbocycles. The van der Waals surface area contributed by atoms with E-state index in [1.165, 1.54) is 68.2 Å². The molecule has 0 N–H and O–H groups in total. The minimum atomic E-state index is 0.551. The second-order valence-electron chi connectivity index (χ2n) is 7.67. The lowest BCUT2D eigenvalue weighted by atomic mass is 9.96. The van der Waals surface area contributed by atoms with E-state index in [9.17, 15) is 0 Å².